The second-order valence-electron chi connectivity index (χ2n) is 6.16. The van der Waals surface area contributed by atoms with E-state index in [0.29, 0.717) is 20.9 Å². The third kappa shape index (κ3) is 4.32. The predicted molar refractivity (Wildman–Crippen MR) is 125 cm³/mol. The first-order valence-electron chi connectivity index (χ1n) is 8.81. The summed E-state index contributed by atoms with van der Waals surface area (Å²) in [5.74, 6) is 0.397. The molecule has 1 fully saturated rings. The zero-order chi connectivity index (χ0) is 20.5. The topological polar surface area (TPSA) is 67.5 Å². The van der Waals surface area contributed by atoms with Gasteiger partial charge in [-0.2, -0.15) is 0 Å². The molecule has 2 aromatic carbocycles. The second-order valence-corrected chi connectivity index (χ2v) is 9.91. The fourth-order valence-corrected chi connectivity index (χ4v) is 5.61. The monoisotopic (exact) mass is 469 g/mol. The van der Waals surface area contributed by atoms with Crippen molar-refractivity contribution in [2.75, 3.05) is 0 Å². The van der Waals surface area contributed by atoms with E-state index in [9.17, 15) is 4.79 Å². The molecule has 4 aromatic rings. The van der Waals surface area contributed by atoms with Crippen molar-refractivity contribution in [3.63, 3.8) is 0 Å². The zero-order valence-electron chi connectivity index (χ0n) is 15.2. The number of rotatable bonds is 4. The van der Waals surface area contributed by atoms with E-state index < -0.39 is 0 Å². The molecule has 1 N–H and O–H groups in total. The summed E-state index contributed by atoms with van der Waals surface area (Å²) in [6.07, 6.45) is 1.72. The van der Waals surface area contributed by atoms with Crippen LogP contribution in [0, 0.1) is 0 Å². The van der Waals surface area contributed by atoms with E-state index in [2.05, 4.69) is 15.3 Å². The molecule has 1 aliphatic heterocycles. The molecule has 0 spiro atoms. The van der Waals surface area contributed by atoms with Crippen LogP contribution in [0.4, 0.5) is 5.69 Å². The molecule has 30 heavy (non-hydrogen) atoms. The molecule has 0 unspecified atom stereocenters. The van der Waals surface area contributed by atoms with E-state index in [1.54, 1.807) is 41.7 Å². The molecule has 9 heteroatoms. The summed E-state index contributed by atoms with van der Waals surface area (Å²) in [5, 5.41) is 4.64. The molecule has 1 aliphatic rings. The Labute approximate surface area is 189 Å². The molecule has 3 heterocycles. The average Bonchev–Trinajstić information content (AvgIpc) is 3.43. The molecule has 148 valence electrons. The fourth-order valence-electron chi connectivity index (χ4n) is 2.69. The molecule has 0 radical (unpaired) electrons. The Balaban J connectivity index is 1.31. The van der Waals surface area contributed by atoms with E-state index in [4.69, 9.17) is 16.0 Å². The maximum Gasteiger partial charge on any atom is 0.264 e. The van der Waals surface area contributed by atoms with Crippen LogP contribution in [0.15, 0.2) is 84.4 Å². The number of halogens is 1. The number of amidine groups is 1. The molecule has 2 aromatic heterocycles. The summed E-state index contributed by atoms with van der Waals surface area (Å²) in [6, 6.07) is 18.8. The number of hydrogen-bond donors (Lipinski definition) is 1. The first kappa shape index (κ1) is 19.4. The summed E-state index contributed by atoms with van der Waals surface area (Å²) >= 11 is 10.2. The molecule has 5 nitrogen and oxygen atoms in total. The Bertz CT molecular complexity index is 1280. The second kappa shape index (κ2) is 8.31. The van der Waals surface area contributed by atoms with Crippen LogP contribution in [0.25, 0.3) is 16.3 Å². The number of furan rings is 1. The lowest BCUT2D eigenvalue weighted by atomic mass is 10.3. The van der Waals surface area contributed by atoms with Crippen molar-refractivity contribution in [2.24, 2.45) is 4.99 Å². The van der Waals surface area contributed by atoms with Gasteiger partial charge in [0, 0.05) is 11.1 Å². The van der Waals surface area contributed by atoms with Crippen LogP contribution < -0.4 is 5.32 Å². The predicted octanol–water partition coefficient (Wildman–Crippen LogP) is 6.59. The number of benzene rings is 2. The van der Waals surface area contributed by atoms with Gasteiger partial charge in [0.05, 0.1) is 20.8 Å². The van der Waals surface area contributed by atoms with Gasteiger partial charge in [0.2, 0.25) is 0 Å². The van der Waals surface area contributed by atoms with Gasteiger partial charge in [-0.3, -0.25) is 4.79 Å². The number of hydrogen-bond acceptors (Lipinski definition) is 7. The molecular weight excluding hydrogens is 458 g/mol. The van der Waals surface area contributed by atoms with Crippen molar-refractivity contribution < 1.29 is 9.21 Å². The third-order valence-corrected chi connectivity index (χ3v) is 7.23. The fraction of sp³-hybridized carbons (Fsp3) is 0. The minimum Gasteiger partial charge on any atom is -0.450 e. The Morgan fingerprint density at radius 2 is 1.93 bits per heavy atom. The number of aliphatic imine (C=N–C) groups is 1. The Kier molecular flexibility index (Phi) is 5.39. The lowest BCUT2D eigenvalue weighted by Gasteiger charge is -1.96. The van der Waals surface area contributed by atoms with Gasteiger partial charge in [0.15, 0.2) is 14.6 Å². The summed E-state index contributed by atoms with van der Waals surface area (Å²) in [6.45, 7) is 0. The lowest BCUT2D eigenvalue weighted by molar-refractivity contribution is -0.115. The van der Waals surface area contributed by atoms with Crippen molar-refractivity contribution in [3.8, 4) is 0 Å². The van der Waals surface area contributed by atoms with Gasteiger partial charge in [-0.1, -0.05) is 23.7 Å². The van der Waals surface area contributed by atoms with Crippen molar-refractivity contribution in [1.82, 2.24) is 10.3 Å². The highest BCUT2D eigenvalue weighted by Gasteiger charge is 2.24. The van der Waals surface area contributed by atoms with Crippen LogP contribution in [-0.2, 0) is 4.79 Å². The SMILES string of the molecule is O=C1NC(=Nc2ccc(Cl)cc2)S/C1=C\c1ccc(Sc2nc3ccccc3s2)o1. The van der Waals surface area contributed by atoms with Crippen LogP contribution in [0.2, 0.25) is 5.02 Å². The Morgan fingerprint density at radius 3 is 2.77 bits per heavy atom. The number of amides is 1. The van der Waals surface area contributed by atoms with E-state index >= 15 is 0 Å². The number of thioether (sulfide) groups is 1. The van der Waals surface area contributed by atoms with Crippen LogP contribution in [0.3, 0.4) is 0 Å². The molecule has 5 rings (SSSR count). The Hall–Kier alpha value is -2.52. The van der Waals surface area contributed by atoms with Crippen molar-refractivity contribution >= 4 is 79.5 Å². The number of thiazole rings is 1. The van der Waals surface area contributed by atoms with Gasteiger partial charge >= 0.3 is 0 Å². The average molecular weight is 470 g/mol. The van der Waals surface area contributed by atoms with Gasteiger partial charge in [-0.15, -0.1) is 11.3 Å². The summed E-state index contributed by atoms with van der Waals surface area (Å²) in [5.41, 5.74) is 1.70. The smallest absolute Gasteiger partial charge is 0.264 e. The number of carbonyl (C=O) groups excluding carboxylic acids is 1. The number of carbonyl (C=O) groups is 1. The van der Waals surface area contributed by atoms with Crippen molar-refractivity contribution in [1.29, 1.82) is 0 Å². The third-order valence-electron chi connectivity index (χ3n) is 4.05. The molecule has 1 amide bonds. The minimum absolute atomic E-state index is 0.204. The number of nitrogens with zero attached hydrogens (tertiary/aromatic N) is 2. The first-order valence-corrected chi connectivity index (χ1v) is 11.6. The zero-order valence-corrected chi connectivity index (χ0v) is 18.4. The summed E-state index contributed by atoms with van der Waals surface area (Å²) < 4.78 is 7.92. The van der Waals surface area contributed by atoms with Crippen molar-refractivity contribution in [3.05, 3.63) is 76.4 Å². The van der Waals surface area contributed by atoms with Gasteiger partial charge in [0.1, 0.15) is 5.76 Å². The molecule has 0 bridgehead atoms. The number of para-hydroxylation sites is 1. The highest BCUT2D eigenvalue weighted by molar-refractivity contribution is 8.18. The maximum absolute atomic E-state index is 12.3. The van der Waals surface area contributed by atoms with Crippen LogP contribution in [0.1, 0.15) is 5.76 Å². The molecule has 0 saturated carbocycles. The standard InChI is InChI=1S/C21H12ClN3O2S3/c22-12-5-7-13(8-6-12)23-20-25-19(26)17(28-20)11-14-9-10-18(27-14)30-21-24-15-3-1-2-4-16(15)29-21/h1-11H,(H,23,25,26)/b17-11-. The highest BCUT2D eigenvalue weighted by Crippen LogP contribution is 2.36. The molecule has 0 aliphatic carbocycles. The molecule has 0 atom stereocenters. The quantitative estimate of drug-likeness (QED) is 0.341. The van der Waals surface area contributed by atoms with Crippen LogP contribution in [0.5, 0.6) is 0 Å². The normalized spacial score (nSPS) is 16.6. The highest BCUT2D eigenvalue weighted by atomic mass is 35.5. The summed E-state index contributed by atoms with van der Waals surface area (Å²) in [7, 11) is 0. The van der Waals surface area contributed by atoms with Gasteiger partial charge in [-0.25, -0.2) is 9.98 Å². The maximum atomic E-state index is 12.3. The lowest BCUT2D eigenvalue weighted by Crippen LogP contribution is -2.19. The Morgan fingerprint density at radius 1 is 1.10 bits per heavy atom. The van der Waals surface area contributed by atoms with E-state index in [1.165, 1.54) is 23.5 Å². The van der Waals surface area contributed by atoms with Crippen LogP contribution in [-0.4, -0.2) is 16.1 Å². The van der Waals surface area contributed by atoms with E-state index in [0.717, 1.165) is 25.3 Å². The van der Waals surface area contributed by atoms with E-state index in [-0.39, 0.29) is 5.91 Å². The minimum atomic E-state index is -0.204. The van der Waals surface area contributed by atoms with E-state index in [1.807, 2.05) is 36.4 Å². The van der Waals surface area contributed by atoms with Gasteiger partial charge in [0.25, 0.3) is 5.91 Å². The van der Waals surface area contributed by atoms with Crippen LogP contribution >= 0.6 is 46.5 Å². The number of fused-ring (bicyclic) bond motifs is 1. The number of aromatic nitrogens is 1. The summed E-state index contributed by atoms with van der Waals surface area (Å²) in [4.78, 5) is 21.8. The number of nitrogens with one attached hydrogen (secondary N) is 1. The molecular formula is C21H12ClN3O2S3. The largest absolute Gasteiger partial charge is 0.450 e. The van der Waals surface area contributed by atoms with Crippen molar-refractivity contribution in [2.45, 2.75) is 9.43 Å². The first-order chi connectivity index (χ1) is 14.6. The molecule has 1 saturated heterocycles. The van der Waals surface area contributed by atoms with Gasteiger partial charge < -0.3 is 9.73 Å². The van der Waals surface area contributed by atoms with Gasteiger partial charge in [-0.05, 0) is 72.1 Å².